The number of hydrogen-bond acceptors (Lipinski definition) is 5. The van der Waals surface area contributed by atoms with Crippen molar-refractivity contribution in [1.29, 1.82) is 0 Å². The SMILES string of the molecule is COc1cccc(C=c2sc(=CC(=O)C(C)(C)C)n(CC(=O)N3c4ccccc4CC3C)c2=O)c1. The number of rotatable bonds is 5. The van der Waals surface area contributed by atoms with Gasteiger partial charge >= 0.3 is 0 Å². The van der Waals surface area contributed by atoms with Crippen LogP contribution in [0.2, 0.25) is 0 Å². The highest BCUT2D eigenvalue weighted by Crippen LogP contribution is 2.31. The third kappa shape index (κ3) is 5.15. The predicted molar refractivity (Wildman–Crippen MR) is 140 cm³/mol. The summed E-state index contributed by atoms with van der Waals surface area (Å²) in [5.41, 5.74) is 1.91. The number of anilines is 1. The second-order valence-electron chi connectivity index (χ2n) is 9.82. The molecule has 0 radical (unpaired) electrons. The molecule has 35 heavy (non-hydrogen) atoms. The van der Waals surface area contributed by atoms with Crippen LogP contribution < -0.4 is 24.4 Å². The highest BCUT2D eigenvalue weighted by Gasteiger charge is 2.31. The Labute approximate surface area is 208 Å². The number of ketones is 1. The van der Waals surface area contributed by atoms with Gasteiger partial charge in [-0.3, -0.25) is 19.0 Å². The normalized spacial score (nSPS) is 16.5. The predicted octanol–water partition coefficient (Wildman–Crippen LogP) is 3.12. The first-order valence-corrected chi connectivity index (χ1v) is 12.4. The van der Waals surface area contributed by atoms with Gasteiger partial charge in [0.2, 0.25) is 5.91 Å². The molecule has 0 saturated heterocycles. The molecular weight excluding hydrogens is 460 g/mol. The first-order chi connectivity index (χ1) is 16.6. The highest BCUT2D eigenvalue weighted by molar-refractivity contribution is 7.07. The number of hydrogen-bond donors (Lipinski definition) is 0. The van der Waals surface area contributed by atoms with Crippen LogP contribution in [0.3, 0.4) is 0 Å². The molecule has 0 saturated carbocycles. The Balaban J connectivity index is 1.80. The average molecular weight is 491 g/mol. The maximum absolute atomic E-state index is 13.5. The molecule has 0 N–H and O–H groups in total. The van der Waals surface area contributed by atoms with Crippen molar-refractivity contribution in [3.63, 3.8) is 0 Å². The first-order valence-electron chi connectivity index (χ1n) is 11.6. The summed E-state index contributed by atoms with van der Waals surface area (Å²) in [5.74, 6) is 0.406. The van der Waals surface area contributed by atoms with Gasteiger partial charge in [-0.1, -0.05) is 51.1 Å². The largest absolute Gasteiger partial charge is 0.497 e. The monoisotopic (exact) mass is 490 g/mol. The Bertz CT molecular complexity index is 1460. The zero-order valence-electron chi connectivity index (χ0n) is 20.7. The van der Waals surface area contributed by atoms with Crippen LogP contribution in [0.15, 0.2) is 53.3 Å². The number of Topliss-reactive ketones (excluding diaryl/α,β-unsaturated/α-hetero) is 1. The van der Waals surface area contributed by atoms with Gasteiger partial charge in [-0.2, -0.15) is 0 Å². The molecule has 182 valence electrons. The summed E-state index contributed by atoms with van der Waals surface area (Å²) in [4.78, 5) is 41.5. The molecule has 6 nitrogen and oxygen atoms in total. The van der Waals surface area contributed by atoms with Crippen LogP contribution in [0.1, 0.15) is 38.8 Å². The van der Waals surface area contributed by atoms with Crippen molar-refractivity contribution in [2.75, 3.05) is 12.0 Å². The summed E-state index contributed by atoms with van der Waals surface area (Å²) in [5, 5.41) is 0. The van der Waals surface area contributed by atoms with Crippen molar-refractivity contribution in [3.05, 3.63) is 79.2 Å². The number of benzene rings is 2. The molecule has 1 aliphatic heterocycles. The molecule has 1 amide bonds. The molecule has 0 fully saturated rings. The minimum atomic E-state index is -0.603. The van der Waals surface area contributed by atoms with Crippen molar-refractivity contribution in [3.8, 4) is 5.75 Å². The topological polar surface area (TPSA) is 68.6 Å². The Morgan fingerprint density at radius 1 is 1.14 bits per heavy atom. The van der Waals surface area contributed by atoms with Gasteiger partial charge in [-0.25, -0.2) is 0 Å². The lowest BCUT2D eigenvalue weighted by molar-refractivity contribution is -0.120. The molecule has 0 spiro atoms. The lowest BCUT2D eigenvalue weighted by Crippen LogP contribution is -2.43. The second-order valence-corrected chi connectivity index (χ2v) is 10.9. The van der Waals surface area contributed by atoms with E-state index in [0.29, 0.717) is 14.9 Å². The van der Waals surface area contributed by atoms with Gasteiger partial charge in [0.05, 0.1) is 11.6 Å². The zero-order chi connectivity index (χ0) is 25.3. The third-order valence-corrected chi connectivity index (χ3v) is 7.15. The average Bonchev–Trinajstić information content (AvgIpc) is 3.29. The number of ether oxygens (including phenoxy) is 1. The molecule has 1 aromatic heterocycles. The number of amides is 1. The maximum atomic E-state index is 13.5. The molecule has 7 heteroatoms. The van der Waals surface area contributed by atoms with Crippen LogP contribution in [-0.4, -0.2) is 29.4 Å². The summed E-state index contributed by atoms with van der Waals surface area (Å²) in [6, 6.07) is 15.2. The van der Waals surface area contributed by atoms with E-state index in [2.05, 4.69) is 0 Å². The van der Waals surface area contributed by atoms with E-state index in [-0.39, 0.29) is 29.8 Å². The second kappa shape index (κ2) is 9.66. The highest BCUT2D eigenvalue weighted by atomic mass is 32.1. The molecule has 1 atom stereocenters. The summed E-state index contributed by atoms with van der Waals surface area (Å²) in [6.07, 6.45) is 4.03. The number of fused-ring (bicyclic) bond motifs is 1. The van der Waals surface area contributed by atoms with E-state index in [1.807, 2.05) is 76.2 Å². The van der Waals surface area contributed by atoms with Gasteiger partial charge in [0.15, 0.2) is 5.78 Å². The number of aromatic nitrogens is 1. The Morgan fingerprint density at radius 3 is 2.60 bits per heavy atom. The summed E-state index contributed by atoms with van der Waals surface area (Å²) in [6.45, 7) is 7.37. The number of methoxy groups -OCH3 is 1. The quantitative estimate of drug-likeness (QED) is 0.551. The van der Waals surface area contributed by atoms with Crippen LogP contribution >= 0.6 is 11.3 Å². The Kier molecular flexibility index (Phi) is 6.81. The van der Waals surface area contributed by atoms with Gasteiger partial charge in [-0.05, 0) is 48.7 Å². The maximum Gasteiger partial charge on any atom is 0.269 e. The minimum absolute atomic E-state index is 0.000640. The third-order valence-electron chi connectivity index (χ3n) is 6.09. The van der Waals surface area contributed by atoms with E-state index < -0.39 is 5.41 Å². The number of carbonyl (C=O) groups is 2. The molecule has 1 aliphatic rings. The number of para-hydroxylation sites is 1. The van der Waals surface area contributed by atoms with Crippen molar-refractivity contribution < 1.29 is 14.3 Å². The van der Waals surface area contributed by atoms with Gasteiger partial charge < -0.3 is 9.64 Å². The molecule has 0 aliphatic carbocycles. The van der Waals surface area contributed by atoms with Crippen molar-refractivity contribution in [2.45, 2.75) is 46.7 Å². The number of nitrogens with zero attached hydrogens (tertiary/aromatic N) is 2. The number of thiazole rings is 1. The molecule has 4 rings (SSSR count). The molecular formula is C28H30N2O4S. The Morgan fingerprint density at radius 2 is 1.89 bits per heavy atom. The first kappa shape index (κ1) is 24.7. The zero-order valence-corrected chi connectivity index (χ0v) is 21.5. The molecule has 2 heterocycles. The van der Waals surface area contributed by atoms with Crippen LogP contribution in [0.4, 0.5) is 5.69 Å². The van der Waals surface area contributed by atoms with E-state index in [1.165, 1.54) is 22.0 Å². The van der Waals surface area contributed by atoms with Gasteiger partial charge in [0, 0.05) is 23.2 Å². The number of carbonyl (C=O) groups excluding carboxylic acids is 2. The lowest BCUT2D eigenvalue weighted by Gasteiger charge is -2.23. The van der Waals surface area contributed by atoms with Crippen LogP contribution in [0.25, 0.3) is 12.2 Å². The fourth-order valence-corrected chi connectivity index (χ4v) is 5.20. The van der Waals surface area contributed by atoms with Crippen molar-refractivity contribution in [2.24, 2.45) is 5.41 Å². The van der Waals surface area contributed by atoms with Gasteiger partial charge in [0.1, 0.15) is 17.0 Å². The smallest absolute Gasteiger partial charge is 0.269 e. The lowest BCUT2D eigenvalue weighted by atomic mass is 9.91. The van der Waals surface area contributed by atoms with E-state index in [1.54, 1.807) is 18.1 Å². The van der Waals surface area contributed by atoms with Crippen LogP contribution in [0, 0.1) is 5.41 Å². The van der Waals surface area contributed by atoms with Crippen LogP contribution in [0.5, 0.6) is 5.75 Å². The van der Waals surface area contributed by atoms with E-state index >= 15 is 0 Å². The standard InChI is InChI=1S/C28H30N2O4S/c1-18-13-20-10-6-7-12-22(20)30(18)25(32)17-29-26(16-24(31)28(2,3)4)35-23(27(29)33)15-19-9-8-11-21(14-19)34-5/h6-12,14-16,18H,13,17H2,1-5H3. The molecule has 1 unspecified atom stereocenters. The summed E-state index contributed by atoms with van der Waals surface area (Å²) >= 11 is 1.22. The minimum Gasteiger partial charge on any atom is -0.497 e. The fourth-order valence-electron chi connectivity index (χ4n) is 4.16. The Hall–Kier alpha value is -3.45. The molecule has 2 aromatic carbocycles. The molecule has 3 aromatic rings. The molecule has 0 bridgehead atoms. The van der Waals surface area contributed by atoms with Crippen molar-refractivity contribution >= 4 is 40.9 Å². The van der Waals surface area contributed by atoms with Crippen molar-refractivity contribution in [1.82, 2.24) is 4.57 Å². The van der Waals surface area contributed by atoms with E-state index in [9.17, 15) is 14.4 Å². The van der Waals surface area contributed by atoms with E-state index in [0.717, 1.165) is 23.2 Å². The van der Waals surface area contributed by atoms with Gasteiger partial charge in [-0.15, -0.1) is 11.3 Å². The van der Waals surface area contributed by atoms with E-state index in [4.69, 9.17) is 4.74 Å². The summed E-state index contributed by atoms with van der Waals surface area (Å²) in [7, 11) is 1.59. The van der Waals surface area contributed by atoms with Gasteiger partial charge in [0.25, 0.3) is 5.56 Å². The fraction of sp³-hybridized carbons (Fsp3) is 0.321. The van der Waals surface area contributed by atoms with Crippen LogP contribution in [-0.2, 0) is 22.6 Å². The summed E-state index contributed by atoms with van der Waals surface area (Å²) < 4.78 is 7.64.